The maximum atomic E-state index is 11.5. The van der Waals surface area contributed by atoms with Crippen LogP contribution in [0.2, 0.25) is 5.02 Å². The molecule has 1 heterocycles. The Kier molecular flexibility index (Phi) is 4.58. The molecule has 98 valence electrons. The number of carbonyl (C=O) groups is 1. The van der Waals surface area contributed by atoms with E-state index >= 15 is 0 Å². The minimum absolute atomic E-state index is 0.0659. The second kappa shape index (κ2) is 6.61. The van der Waals surface area contributed by atoms with Crippen molar-refractivity contribution in [1.29, 1.82) is 0 Å². The van der Waals surface area contributed by atoms with Gasteiger partial charge in [0.25, 0.3) is 0 Å². The topological polar surface area (TPSA) is 63.2 Å². The van der Waals surface area contributed by atoms with Crippen LogP contribution >= 0.6 is 11.6 Å². The van der Waals surface area contributed by atoms with E-state index in [0.717, 1.165) is 0 Å². The Morgan fingerprint density at radius 1 is 1.26 bits per heavy atom. The molecule has 0 fully saturated rings. The van der Waals surface area contributed by atoms with Gasteiger partial charge in [-0.05, 0) is 24.3 Å². The van der Waals surface area contributed by atoms with Crippen molar-refractivity contribution in [3.63, 3.8) is 0 Å². The molecule has 0 aliphatic rings. The van der Waals surface area contributed by atoms with Crippen molar-refractivity contribution in [1.82, 2.24) is 10.3 Å². The monoisotopic (exact) mass is 277 g/mol. The zero-order chi connectivity index (χ0) is 13.5. The number of halogens is 1. The molecule has 2 N–H and O–H groups in total. The lowest BCUT2D eigenvalue weighted by Gasteiger charge is -2.08. The Morgan fingerprint density at radius 2 is 2.05 bits per heavy atom. The number of nitrogens with zero attached hydrogens (tertiary/aromatic N) is 1. The second-order valence-corrected chi connectivity index (χ2v) is 4.03. The maximum Gasteiger partial charge on any atom is 0.323 e. The predicted molar refractivity (Wildman–Crippen MR) is 73.3 cm³/mol. The van der Waals surface area contributed by atoms with Gasteiger partial charge in [-0.1, -0.05) is 29.8 Å². The molecule has 0 aliphatic carbocycles. The smallest absolute Gasteiger partial charge is 0.323 e. The number of nitrogens with one attached hydrogen (secondary N) is 2. The molecule has 0 unspecified atom stereocenters. The first-order chi connectivity index (χ1) is 9.24. The molecule has 1 aromatic carbocycles. The van der Waals surface area contributed by atoms with Crippen molar-refractivity contribution in [3.8, 4) is 5.75 Å². The molecule has 0 aliphatic heterocycles. The number of para-hydroxylation sites is 1. The van der Waals surface area contributed by atoms with E-state index in [1.165, 1.54) is 6.20 Å². The van der Waals surface area contributed by atoms with Gasteiger partial charge in [0, 0.05) is 11.2 Å². The van der Waals surface area contributed by atoms with E-state index in [9.17, 15) is 4.79 Å². The Labute approximate surface area is 115 Å². The highest BCUT2D eigenvalue weighted by atomic mass is 35.5. The van der Waals surface area contributed by atoms with Gasteiger partial charge >= 0.3 is 6.03 Å². The number of amides is 2. The van der Waals surface area contributed by atoms with Crippen molar-refractivity contribution in [2.75, 3.05) is 12.0 Å². The fourth-order valence-corrected chi connectivity index (χ4v) is 1.50. The number of hydrogen-bond donors (Lipinski definition) is 2. The van der Waals surface area contributed by atoms with Crippen LogP contribution in [-0.4, -0.2) is 17.7 Å². The molecule has 19 heavy (non-hydrogen) atoms. The molecule has 0 radical (unpaired) electrons. The largest absolute Gasteiger partial charge is 0.473 e. The van der Waals surface area contributed by atoms with Gasteiger partial charge in [0.1, 0.15) is 11.6 Å². The van der Waals surface area contributed by atoms with E-state index in [0.29, 0.717) is 16.6 Å². The fraction of sp³-hybridized carbons (Fsp3) is 0.0769. The molecule has 0 atom stereocenters. The molecule has 0 saturated heterocycles. The first kappa shape index (κ1) is 13.2. The molecular weight excluding hydrogens is 266 g/mol. The van der Waals surface area contributed by atoms with Gasteiger partial charge in [-0.15, -0.1) is 0 Å². The molecule has 2 amide bonds. The molecule has 2 rings (SSSR count). The number of rotatable bonds is 4. The SMILES string of the molecule is O=C(NCOc1ccccc1)Nc1cc(Cl)ccn1. The third kappa shape index (κ3) is 4.48. The zero-order valence-electron chi connectivity index (χ0n) is 9.97. The highest BCUT2D eigenvalue weighted by Crippen LogP contribution is 2.11. The van der Waals surface area contributed by atoms with Crippen LogP contribution in [-0.2, 0) is 0 Å². The molecular formula is C13H12ClN3O2. The minimum Gasteiger partial charge on any atom is -0.473 e. The van der Waals surface area contributed by atoms with Crippen molar-refractivity contribution >= 4 is 23.4 Å². The van der Waals surface area contributed by atoms with Gasteiger partial charge in [-0.25, -0.2) is 9.78 Å². The number of benzene rings is 1. The maximum absolute atomic E-state index is 11.5. The van der Waals surface area contributed by atoms with Crippen molar-refractivity contribution in [3.05, 3.63) is 53.7 Å². The van der Waals surface area contributed by atoms with Crippen LogP contribution in [0, 0.1) is 0 Å². The Hall–Kier alpha value is -2.27. The lowest BCUT2D eigenvalue weighted by Crippen LogP contribution is -2.32. The predicted octanol–water partition coefficient (Wildman–Crippen LogP) is 2.89. The van der Waals surface area contributed by atoms with Crippen LogP contribution in [0.3, 0.4) is 0 Å². The summed E-state index contributed by atoms with van der Waals surface area (Å²) in [4.78, 5) is 15.5. The van der Waals surface area contributed by atoms with Crippen molar-refractivity contribution in [2.45, 2.75) is 0 Å². The number of pyridine rings is 1. The minimum atomic E-state index is -0.411. The summed E-state index contributed by atoms with van der Waals surface area (Å²) >= 11 is 5.78. The van der Waals surface area contributed by atoms with Gasteiger partial charge in [0.15, 0.2) is 6.73 Å². The Morgan fingerprint density at radius 3 is 2.79 bits per heavy atom. The third-order valence-electron chi connectivity index (χ3n) is 2.18. The first-order valence-corrected chi connectivity index (χ1v) is 5.96. The standard InChI is InChI=1S/C13H12ClN3O2/c14-10-6-7-15-12(8-10)17-13(18)16-9-19-11-4-2-1-3-5-11/h1-8H,9H2,(H2,15,16,17,18). The van der Waals surface area contributed by atoms with E-state index in [1.54, 1.807) is 24.3 Å². The first-order valence-electron chi connectivity index (χ1n) is 5.58. The summed E-state index contributed by atoms with van der Waals surface area (Å²) in [6.45, 7) is 0.0659. The third-order valence-corrected chi connectivity index (χ3v) is 2.41. The number of aromatic nitrogens is 1. The van der Waals surface area contributed by atoms with Crippen LogP contribution in [0.15, 0.2) is 48.7 Å². The van der Waals surface area contributed by atoms with Crippen LogP contribution in [0.5, 0.6) is 5.75 Å². The lowest BCUT2D eigenvalue weighted by atomic mass is 10.3. The number of urea groups is 1. The summed E-state index contributed by atoms with van der Waals surface area (Å²) < 4.78 is 5.32. The fourth-order valence-electron chi connectivity index (χ4n) is 1.34. The van der Waals surface area contributed by atoms with E-state index < -0.39 is 6.03 Å². The number of ether oxygens (including phenoxy) is 1. The average molecular weight is 278 g/mol. The summed E-state index contributed by atoms with van der Waals surface area (Å²) in [6, 6.07) is 12.0. The summed E-state index contributed by atoms with van der Waals surface area (Å²) in [5, 5.41) is 5.59. The summed E-state index contributed by atoms with van der Waals surface area (Å²) in [5.41, 5.74) is 0. The lowest BCUT2D eigenvalue weighted by molar-refractivity contribution is 0.234. The molecule has 5 nitrogen and oxygen atoms in total. The van der Waals surface area contributed by atoms with E-state index in [1.807, 2.05) is 18.2 Å². The van der Waals surface area contributed by atoms with Crippen LogP contribution in [0.4, 0.5) is 10.6 Å². The van der Waals surface area contributed by atoms with Gasteiger partial charge in [0.05, 0.1) is 0 Å². The zero-order valence-corrected chi connectivity index (χ0v) is 10.7. The highest BCUT2D eigenvalue weighted by molar-refractivity contribution is 6.30. The Balaban J connectivity index is 1.76. The van der Waals surface area contributed by atoms with Crippen LogP contribution in [0.25, 0.3) is 0 Å². The van der Waals surface area contributed by atoms with E-state index in [4.69, 9.17) is 16.3 Å². The average Bonchev–Trinajstić information content (AvgIpc) is 2.40. The Bertz CT molecular complexity index is 549. The molecule has 6 heteroatoms. The summed E-state index contributed by atoms with van der Waals surface area (Å²) in [7, 11) is 0. The summed E-state index contributed by atoms with van der Waals surface area (Å²) in [6.07, 6.45) is 1.51. The summed E-state index contributed by atoms with van der Waals surface area (Å²) in [5.74, 6) is 1.06. The number of anilines is 1. The van der Waals surface area contributed by atoms with E-state index in [2.05, 4.69) is 15.6 Å². The number of carbonyl (C=O) groups excluding carboxylic acids is 1. The molecule has 0 saturated carbocycles. The second-order valence-electron chi connectivity index (χ2n) is 3.59. The highest BCUT2D eigenvalue weighted by Gasteiger charge is 2.02. The van der Waals surface area contributed by atoms with Crippen LogP contribution < -0.4 is 15.4 Å². The van der Waals surface area contributed by atoms with E-state index in [-0.39, 0.29) is 6.73 Å². The quantitative estimate of drug-likeness (QED) is 0.845. The molecule has 0 spiro atoms. The normalized spacial score (nSPS) is 9.74. The van der Waals surface area contributed by atoms with Crippen LogP contribution in [0.1, 0.15) is 0 Å². The molecule has 0 bridgehead atoms. The van der Waals surface area contributed by atoms with Crippen molar-refractivity contribution < 1.29 is 9.53 Å². The van der Waals surface area contributed by atoms with Gasteiger partial charge in [-0.2, -0.15) is 0 Å². The van der Waals surface area contributed by atoms with Gasteiger partial charge < -0.3 is 10.1 Å². The molecule has 2 aromatic rings. The van der Waals surface area contributed by atoms with Crippen molar-refractivity contribution in [2.24, 2.45) is 0 Å². The molecule has 1 aromatic heterocycles. The number of hydrogen-bond acceptors (Lipinski definition) is 3. The van der Waals surface area contributed by atoms with Gasteiger partial charge in [-0.3, -0.25) is 5.32 Å². The van der Waals surface area contributed by atoms with Gasteiger partial charge in [0.2, 0.25) is 0 Å².